The van der Waals surface area contributed by atoms with E-state index in [1.807, 2.05) is 44.3 Å². The fourth-order valence-electron chi connectivity index (χ4n) is 2.48. The monoisotopic (exact) mass is 296 g/mol. The fourth-order valence-corrected chi connectivity index (χ4v) is 2.48. The maximum atomic E-state index is 12.0. The maximum Gasteiger partial charge on any atom is 0.220 e. The number of imidazole rings is 1. The molecule has 3 rings (SSSR count). The minimum absolute atomic E-state index is 0.0410. The average Bonchev–Trinajstić information content (AvgIpc) is 3.07. The zero-order chi connectivity index (χ0) is 15.5. The van der Waals surface area contributed by atoms with Crippen molar-refractivity contribution in [1.82, 2.24) is 19.9 Å². The van der Waals surface area contributed by atoms with Crippen LogP contribution in [0.15, 0.2) is 36.4 Å². The third kappa shape index (κ3) is 3.03. The Hall–Kier alpha value is -2.56. The summed E-state index contributed by atoms with van der Waals surface area (Å²) in [5, 5.41) is 2.96. The van der Waals surface area contributed by atoms with E-state index in [1.54, 1.807) is 0 Å². The van der Waals surface area contributed by atoms with Gasteiger partial charge in [0.05, 0.1) is 17.6 Å². The minimum Gasteiger partial charge on any atom is -0.351 e. The second-order valence-corrected chi connectivity index (χ2v) is 5.50. The number of amides is 1. The topological polar surface area (TPSA) is 62.7 Å². The zero-order valence-corrected chi connectivity index (χ0v) is 12.9. The number of nitrogens with one attached hydrogen (secondary N) is 2. The first-order valence-corrected chi connectivity index (χ1v) is 7.45. The quantitative estimate of drug-likeness (QED) is 0.759. The van der Waals surface area contributed by atoms with E-state index in [-0.39, 0.29) is 5.91 Å². The molecule has 0 radical (unpaired) electrons. The Morgan fingerprint density at radius 1 is 1.27 bits per heavy atom. The Balaban J connectivity index is 1.52. The highest BCUT2D eigenvalue weighted by Gasteiger charge is 2.07. The molecule has 3 aromatic rings. The van der Waals surface area contributed by atoms with Crippen molar-refractivity contribution in [3.8, 4) is 0 Å². The molecule has 0 atom stereocenters. The first kappa shape index (κ1) is 14.4. The first-order valence-electron chi connectivity index (χ1n) is 7.45. The number of benzene rings is 1. The van der Waals surface area contributed by atoms with Gasteiger partial charge in [0.15, 0.2) is 0 Å². The SMILES string of the molecule is Cc1ccc(CNC(=O)CCc2nc3ccccc3[nH]2)n1C. The summed E-state index contributed by atoms with van der Waals surface area (Å²) in [6.07, 6.45) is 1.05. The number of aromatic amines is 1. The van der Waals surface area contributed by atoms with Crippen molar-refractivity contribution in [3.63, 3.8) is 0 Å². The smallest absolute Gasteiger partial charge is 0.220 e. The van der Waals surface area contributed by atoms with Crippen molar-refractivity contribution < 1.29 is 4.79 Å². The second-order valence-electron chi connectivity index (χ2n) is 5.50. The summed E-state index contributed by atoms with van der Waals surface area (Å²) in [6.45, 7) is 2.61. The van der Waals surface area contributed by atoms with Gasteiger partial charge in [-0.1, -0.05) is 12.1 Å². The number of carbonyl (C=O) groups is 1. The van der Waals surface area contributed by atoms with Crippen molar-refractivity contribution in [2.24, 2.45) is 7.05 Å². The van der Waals surface area contributed by atoms with Crippen LogP contribution in [0.3, 0.4) is 0 Å². The number of carbonyl (C=O) groups excluding carboxylic acids is 1. The molecule has 0 aliphatic rings. The van der Waals surface area contributed by atoms with Gasteiger partial charge < -0.3 is 14.9 Å². The number of hydrogen-bond acceptors (Lipinski definition) is 2. The molecule has 0 saturated carbocycles. The molecule has 0 fully saturated rings. The van der Waals surface area contributed by atoms with Crippen LogP contribution in [0.25, 0.3) is 11.0 Å². The van der Waals surface area contributed by atoms with Crippen molar-refractivity contribution >= 4 is 16.9 Å². The number of aryl methyl sites for hydroxylation is 2. The third-order valence-electron chi connectivity index (χ3n) is 3.97. The Morgan fingerprint density at radius 2 is 2.09 bits per heavy atom. The Kier molecular flexibility index (Phi) is 3.96. The standard InChI is InChI=1S/C17H20N4O/c1-12-7-8-13(21(12)2)11-18-17(22)10-9-16-19-14-5-3-4-6-15(14)20-16/h3-8H,9-11H2,1-2H3,(H,18,22)(H,19,20). The van der Waals surface area contributed by atoms with Gasteiger partial charge in [-0.3, -0.25) is 4.79 Å². The summed E-state index contributed by atoms with van der Waals surface area (Å²) in [4.78, 5) is 19.7. The van der Waals surface area contributed by atoms with Crippen molar-refractivity contribution in [3.05, 3.63) is 53.6 Å². The highest BCUT2D eigenvalue weighted by molar-refractivity contribution is 5.77. The van der Waals surface area contributed by atoms with E-state index >= 15 is 0 Å². The maximum absolute atomic E-state index is 12.0. The fraction of sp³-hybridized carbons (Fsp3) is 0.294. The number of hydrogen-bond donors (Lipinski definition) is 2. The van der Waals surface area contributed by atoms with Crippen LogP contribution in [-0.4, -0.2) is 20.4 Å². The van der Waals surface area contributed by atoms with Crippen molar-refractivity contribution in [2.45, 2.75) is 26.3 Å². The van der Waals surface area contributed by atoms with Gasteiger partial charge in [-0.15, -0.1) is 0 Å². The lowest BCUT2D eigenvalue weighted by molar-refractivity contribution is -0.121. The molecule has 0 bridgehead atoms. The van der Waals surface area contributed by atoms with Crippen LogP contribution in [0.1, 0.15) is 23.6 Å². The van der Waals surface area contributed by atoms with Crippen LogP contribution < -0.4 is 5.32 Å². The number of H-pyrrole nitrogens is 1. The molecule has 2 heterocycles. The van der Waals surface area contributed by atoms with E-state index in [4.69, 9.17) is 0 Å². The molecule has 0 saturated heterocycles. The summed E-state index contributed by atoms with van der Waals surface area (Å²) in [7, 11) is 2.01. The number of para-hydroxylation sites is 2. The number of rotatable bonds is 5. The van der Waals surface area contributed by atoms with Gasteiger partial charge in [-0.25, -0.2) is 4.98 Å². The number of aromatic nitrogens is 3. The van der Waals surface area contributed by atoms with Crippen LogP contribution in [0.2, 0.25) is 0 Å². The van der Waals surface area contributed by atoms with Gasteiger partial charge in [0, 0.05) is 31.3 Å². The van der Waals surface area contributed by atoms with Crippen LogP contribution >= 0.6 is 0 Å². The van der Waals surface area contributed by atoms with E-state index in [0.717, 1.165) is 22.6 Å². The van der Waals surface area contributed by atoms with E-state index < -0.39 is 0 Å². The van der Waals surface area contributed by atoms with Crippen molar-refractivity contribution in [1.29, 1.82) is 0 Å². The predicted molar refractivity (Wildman–Crippen MR) is 86.4 cm³/mol. The highest BCUT2D eigenvalue weighted by atomic mass is 16.1. The summed E-state index contributed by atoms with van der Waals surface area (Å²) < 4.78 is 2.08. The van der Waals surface area contributed by atoms with Crippen LogP contribution in [-0.2, 0) is 24.8 Å². The van der Waals surface area contributed by atoms with Gasteiger partial charge in [-0.2, -0.15) is 0 Å². The molecule has 22 heavy (non-hydrogen) atoms. The lowest BCUT2D eigenvalue weighted by Gasteiger charge is -2.07. The van der Waals surface area contributed by atoms with Gasteiger partial charge in [0.1, 0.15) is 5.82 Å². The molecule has 5 heteroatoms. The van der Waals surface area contributed by atoms with Gasteiger partial charge in [0.25, 0.3) is 0 Å². The molecule has 1 aromatic carbocycles. The average molecular weight is 296 g/mol. The van der Waals surface area contributed by atoms with E-state index in [9.17, 15) is 4.79 Å². The van der Waals surface area contributed by atoms with Crippen LogP contribution in [0.4, 0.5) is 0 Å². The third-order valence-corrected chi connectivity index (χ3v) is 3.97. The number of nitrogens with zero attached hydrogens (tertiary/aromatic N) is 2. The lowest BCUT2D eigenvalue weighted by atomic mass is 10.3. The molecule has 2 N–H and O–H groups in total. The molecule has 0 spiro atoms. The van der Waals surface area contributed by atoms with Gasteiger partial charge in [0.2, 0.25) is 5.91 Å². The summed E-state index contributed by atoms with van der Waals surface area (Å²) in [5.74, 6) is 0.894. The second kappa shape index (κ2) is 6.05. The first-order chi connectivity index (χ1) is 10.6. The molecule has 2 aromatic heterocycles. The summed E-state index contributed by atoms with van der Waals surface area (Å²) >= 11 is 0. The Labute approximate surface area is 129 Å². The normalized spacial score (nSPS) is 11.0. The summed E-state index contributed by atoms with van der Waals surface area (Å²) in [6, 6.07) is 12.0. The van der Waals surface area contributed by atoms with E-state index in [0.29, 0.717) is 19.4 Å². The van der Waals surface area contributed by atoms with Gasteiger partial charge >= 0.3 is 0 Å². The molecule has 0 unspecified atom stereocenters. The highest BCUT2D eigenvalue weighted by Crippen LogP contribution is 2.11. The minimum atomic E-state index is 0.0410. The Bertz CT molecular complexity index is 767. The van der Waals surface area contributed by atoms with Crippen LogP contribution in [0.5, 0.6) is 0 Å². The number of fused-ring (bicyclic) bond motifs is 1. The molecule has 1 amide bonds. The molecule has 5 nitrogen and oxygen atoms in total. The molecular formula is C17H20N4O. The predicted octanol–water partition coefficient (Wildman–Crippen LogP) is 2.46. The molecule has 114 valence electrons. The van der Waals surface area contributed by atoms with Gasteiger partial charge in [-0.05, 0) is 31.2 Å². The summed E-state index contributed by atoms with van der Waals surface area (Å²) in [5.41, 5.74) is 4.25. The Morgan fingerprint density at radius 3 is 2.82 bits per heavy atom. The molecule has 0 aliphatic carbocycles. The molecular weight excluding hydrogens is 276 g/mol. The van der Waals surface area contributed by atoms with E-state index in [1.165, 1.54) is 5.69 Å². The largest absolute Gasteiger partial charge is 0.351 e. The zero-order valence-electron chi connectivity index (χ0n) is 12.9. The lowest BCUT2D eigenvalue weighted by Crippen LogP contribution is -2.24. The van der Waals surface area contributed by atoms with Crippen LogP contribution in [0, 0.1) is 6.92 Å². The van der Waals surface area contributed by atoms with E-state index in [2.05, 4.69) is 25.9 Å². The van der Waals surface area contributed by atoms with Crippen molar-refractivity contribution in [2.75, 3.05) is 0 Å². The molecule has 0 aliphatic heterocycles.